The van der Waals surface area contributed by atoms with Crippen molar-refractivity contribution in [1.29, 1.82) is 0 Å². The molecule has 0 bridgehead atoms. The minimum absolute atomic E-state index is 0.0127. The van der Waals surface area contributed by atoms with Gasteiger partial charge in [-0.1, -0.05) is 18.2 Å². The van der Waals surface area contributed by atoms with Gasteiger partial charge in [0, 0.05) is 18.7 Å². The van der Waals surface area contributed by atoms with Crippen molar-refractivity contribution in [3.63, 3.8) is 0 Å². The number of phenolic OH excluding ortho intramolecular Hbond substituents is 1. The highest BCUT2D eigenvalue weighted by atomic mass is 19.1. The number of phenols is 1. The Labute approximate surface area is 148 Å². The van der Waals surface area contributed by atoms with Crippen LogP contribution in [0.15, 0.2) is 42.5 Å². The Bertz CT molecular complexity index is 759. The van der Waals surface area contributed by atoms with E-state index in [0.717, 1.165) is 31.4 Å². The zero-order valence-electron chi connectivity index (χ0n) is 14.5. The number of aryl methyl sites for hydroxylation is 2. The van der Waals surface area contributed by atoms with Crippen LogP contribution < -0.4 is 0 Å². The first kappa shape index (κ1) is 17.5. The van der Waals surface area contributed by atoms with Crippen molar-refractivity contribution in [3.05, 3.63) is 65.0 Å². The number of benzene rings is 2. The summed E-state index contributed by atoms with van der Waals surface area (Å²) in [5, 5.41) is 9.62. The molecule has 4 heteroatoms. The first-order chi connectivity index (χ1) is 12.0. The van der Waals surface area contributed by atoms with E-state index in [-0.39, 0.29) is 17.5 Å². The zero-order valence-corrected chi connectivity index (χ0v) is 14.5. The maximum absolute atomic E-state index is 13.8. The Morgan fingerprint density at radius 1 is 1.28 bits per heavy atom. The summed E-state index contributed by atoms with van der Waals surface area (Å²) in [5.41, 5.74) is 2.07. The second kappa shape index (κ2) is 7.68. The van der Waals surface area contributed by atoms with Gasteiger partial charge in [0.2, 0.25) is 0 Å². The number of halogens is 1. The lowest BCUT2D eigenvalue weighted by atomic mass is 9.91. The number of hydrogen-bond donors (Lipinski definition) is 1. The van der Waals surface area contributed by atoms with Crippen LogP contribution >= 0.6 is 0 Å². The van der Waals surface area contributed by atoms with Crippen LogP contribution in [-0.2, 0) is 6.42 Å². The zero-order chi connectivity index (χ0) is 17.8. The van der Waals surface area contributed by atoms with E-state index in [0.29, 0.717) is 30.0 Å². The molecule has 3 nitrogen and oxygen atoms in total. The second-order valence-electron chi connectivity index (χ2n) is 6.89. The molecule has 1 atom stereocenters. The highest BCUT2D eigenvalue weighted by Gasteiger charge is 2.24. The minimum atomic E-state index is -0.147. The molecule has 0 aliphatic carbocycles. The fourth-order valence-corrected chi connectivity index (χ4v) is 3.52. The molecule has 1 aliphatic rings. The highest BCUT2D eigenvalue weighted by molar-refractivity contribution is 5.94. The van der Waals surface area contributed by atoms with Crippen molar-refractivity contribution in [3.8, 4) is 5.75 Å². The van der Waals surface area contributed by atoms with Crippen molar-refractivity contribution in [2.75, 3.05) is 13.1 Å². The van der Waals surface area contributed by atoms with Gasteiger partial charge in [-0.2, -0.15) is 0 Å². The number of carbonyl (C=O) groups is 1. The number of piperidine rings is 1. The van der Waals surface area contributed by atoms with Gasteiger partial charge >= 0.3 is 0 Å². The van der Waals surface area contributed by atoms with Gasteiger partial charge in [-0.25, -0.2) is 4.39 Å². The molecular formula is C21H24FNO2. The molecule has 1 heterocycles. The third kappa shape index (κ3) is 4.19. The molecule has 1 unspecified atom stereocenters. The Hall–Kier alpha value is -2.36. The van der Waals surface area contributed by atoms with E-state index in [1.54, 1.807) is 31.2 Å². The van der Waals surface area contributed by atoms with Crippen LogP contribution in [0.4, 0.5) is 4.39 Å². The van der Waals surface area contributed by atoms with E-state index in [9.17, 15) is 14.3 Å². The smallest absolute Gasteiger partial charge is 0.253 e. The lowest BCUT2D eigenvalue weighted by Gasteiger charge is -2.33. The molecule has 0 aromatic heterocycles. The van der Waals surface area contributed by atoms with E-state index in [1.807, 2.05) is 17.0 Å². The lowest BCUT2D eigenvalue weighted by Crippen LogP contribution is -2.40. The summed E-state index contributed by atoms with van der Waals surface area (Å²) >= 11 is 0. The maximum atomic E-state index is 13.8. The molecule has 1 saturated heterocycles. The fourth-order valence-electron chi connectivity index (χ4n) is 3.52. The number of aromatic hydroxyl groups is 1. The Balaban J connectivity index is 1.61. The standard InChI is InChI=1S/C21H24FNO2/c1-15-13-18(10-11-20(15)24)21(25)23-12-4-5-16(14-23)8-9-17-6-2-3-7-19(17)22/h2-3,6-7,10-11,13,16,24H,4-5,8-9,12,14H2,1H3. The van der Waals surface area contributed by atoms with Gasteiger partial charge in [-0.05, 0) is 73.9 Å². The van der Waals surface area contributed by atoms with Crippen LogP contribution in [0.1, 0.15) is 40.7 Å². The van der Waals surface area contributed by atoms with Gasteiger partial charge in [-0.15, -0.1) is 0 Å². The van der Waals surface area contributed by atoms with Crippen molar-refractivity contribution in [2.45, 2.75) is 32.6 Å². The molecule has 0 saturated carbocycles. The van der Waals surface area contributed by atoms with E-state index in [2.05, 4.69) is 0 Å². The number of rotatable bonds is 4. The van der Waals surface area contributed by atoms with Crippen LogP contribution in [0, 0.1) is 18.7 Å². The van der Waals surface area contributed by atoms with Crippen LogP contribution in [0.5, 0.6) is 5.75 Å². The monoisotopic (exact) mass is 341 g/mol. The fraction of sp³-hybridized carbons (Fsp3) is 0.381. The number of carbonyl (C=O) groups excluding carboxylic acids is 1. The molecule has 1 fully saturated rings. The summed E-state index contributed by atoms with van der Waals surface area (Å²) in [6.45, 7) is 3.27. The number of amides is 1. The van der Waals surface area contributed by atoms with Crippen molar-refractivity contribution >= 4 is 5.91 Å². The van der Waals surface area contributed by atoms with Crippen molar-refractivity contribution < 1.29 is 14.3 Å². The molecule has 0 radical (unpaired) electrons. The quantitative estimate of drug-likeness (QED) is 0.899. The van der Waals surface area contributed by atoms with Gasteiger partial charge in [0.25, 0.3) is 5.91 Å². The summed E-state index contributed by atoms with van der Waals surface area (Å²) in [4.78, 5) is 14.6. The lowest BCUT2D eigenvalue weighted by molar-refractivity contribution is 0.0668. The predicted octanol–water partition coefficient (Wildman–Crippen LogP) is 4.32. The maximum Gasteiger partial charge on any atom is 0.253 e. The highest BCUT2D eigenvalue weighted by Crippen LogP contribution is 2.25. The molecule has 1 aliphatic heterocycles. The second-order valence-corrected chi connectivity index (χ2v) is 6.89. The normalized spacial score (nSPS) is 17.5. The summed E-state index contributed by atoms with van der Waals surface area (Å²) in [6, 6.07) is 11.9. The van der Waals surface area contributed by atoms with Crippen LogP contribution in [0.25, 0.3) is 0 Å². The average Bonchev–Trinajstić information content (AvgIpc) is 2.63. The van der Waals surface area contributed by atoms with E-state index >= 15 is 0 Å². The van der Waals surface area contributed by atoms with Crippen LogP contribution in [0.3, 0.4) is 0 Å². The Kier molecular flexibility index (Phi) is 5.37. The first-order valence-corrected chi connectivity index (χ1v) is 8.87. The van der Waals surface area contributed by atoms with Crippen LogP contribution in [0.2, 0.25) is 0 Å². The SMILES string of the molecule is Cc1cc(C(=O)N2CCCC(CCc3ccccc3F)C2)ccc1O. The third-order valence-corrected chi connectivity index (χ3v) is 5.03. The number of hydrogen-bond acceptors (Lipinski definition) is 2. The van der Waals surface area contributed by atoms with E-state index < -0.39 is 0 Å². The summed E-state index contributed by atoms with van der Waals surface area (Å²) in [5.74, 6) is 0.470. The molecule has 2 aromatic carbocycles. The van der Waals surface area contributed by atoms with E-state index in [4.69, 9.17) is 0 Å². The Morgan fingerprint density at radius 3 is 2.84 bits per heavy atom. The first-order valence-electron chi connectivity index (χ1n) is 8.87. The van der Waals surface area contributed by atoms with Gasteiger partial charge in [-0.3, -0.25) is 4.79 Å². The van der Waals surface area contributed by atoms with Gasteiger partial charge < -0.3 is 10.0 Å². The molecule has 1 N–H and O–H groups in total. The molecule has 132 valence electrons. The minimum Gasteiger partial charge on any atom is -0.508 e. The van der Waals surface area contributed by atoms with Gasteiger partial charge in [0.05, 0.1) is 0 Å². The molecule has 3 rings (SSSR count). The number of nitrogens with zero attached hydrogens (tertiary/aromatic N) is 1. The van der Waals surface area contributed by atoms with E-state index in [1.165, 1.54) is 6.07 Å². The molecule has 25 heavy (non-hydrogen) atoms. The Morgan fingerprint density at radius 2 is 2.08 bits per heavy atom. The summed E-state index contributed by atoms with van der Waals surface area (Å²) in [6.07, 6.45) is 3.65. The van der Waals surface area contributed by atoms with Gasteiger partial charge in [0.1, 0.15) is 11.6 Å². The largest absolute Gasteiger partial charge is 0.508 e. The van der Waals surface area contributed by atoms with Gasteiger partial charge in [0.15, 0.2) is 0 Å². The number of likely N-dealkylation sites (tertiary alicyclic amines) is 1. The molecule has 2 aromatic rings. The molecule has 0 spiro atoms. The molecule has 1 amide bonds. The summed E-state index contributed by atoms with van der Waals surface area (Å²) in [7, 11) is 0. The predicted molar refractivity (Wildman–Crippen MR) is 96.2 cm³/mol. The van der Waals surface area contributed by atoms with Crippen LogP contribution in [-0.4, -0.2) is 29.0 Å². The summed E-state index contributed by atoms with van der Waals surface area (Å²) < 4.78 is 13.8. The third-order valence-electron chi connectivity index (χ3n) is 5.03. The topological polar surface area (TPSA) is 40.5 Å². The average molecular weight is 341 g/mol. The van der Waals surface area contributed by atoms with Crippen molar-refractivity contribution in [1.82, 2.24) is 4.90 Å². The molecular weight excluding hydrogens is 317 g/mol. The van der Waals surface area contributed by atoms with Crippen molar-refractivity contribution in [2.24, 2.45) is 5.92 Å².